The molecule has 5 rings (SSSR count). The van der Waals surface area contributed by atoms with Gasteiger partial charge in [-0.05, 0) is 43.5 Å². The first kappa shape index (κ1) is 19.4. The molecule has 30 heavy (non-hydrogen) atoms. The van der Waals surface area contributed by atoms with Gasteiger partial charge < -0.3 is 8.83 Å². The highest BCUT2D eigenvalue weighted by Gasteiger charge is 2.19. The lowest BCUT2D eigenvalue weighted by molar-refractivity contribution is 0.295. The molecule has 0 radical (unpaired) electrons. The summed E-state index contributed by atoms with van der Waals surface area (Å²) in [6.07, 6.45) is 1.96. The third-order valence-electron chi connectivity index (χ3n) is 6.02. The summed E-state index contributed by atoms with van der Waals surface area (Å²) in [5, 5.41) is 1.96. The molecule has 5 nitrogen and oxygen atoms in total. The van der Waals surface area contributed by atoms with Crippen LogP contribution in [0.1, 0.15) is 22.4 Å². The van der Waals surface area contributed by atoms with Gasteiger partial charge in [0.2, 0.25) is 0 Å². The van der Waals surface area contributed by atoms with Crippen LogP contribution in [0.25, 0.3) is 33.3 Å². The van der Waals surface area contributed by atoms with Gasteiger partial charge in [-0.15, -0.1) is 0 Å². The molecule has 0 spiro atoms. The van der Waals surface area contributed by atoms with Gasteiger partial charge in [0.1, 0.15) is 11.3 Å². The molecular weight excluding hydrogens is 396 g/mol. The van der Waals surface area contributed by atoms with Crippen LogP contribution in [0.3, 0.4) is 0 Å². The molecule has 0 unspecified atom stereocenters. The Morgan fingerprint density at radius 2 is 1.83 bits per heavy atom. The summed E-state index contributed by atoms with van der Waals surface area (Å²) in [6.45, 7) is 9.00. The normalized spacial score (nSPS) is 15.3. The number of rotatable bonds is 3. The Balaban J connectivity index is 1.67. The maximum atomic E-state index is 12.3. The Morgan fingerprint density at radius 3 is 2.63 bits per heavy atom. The summed E-state index contributed by atoms with van der Waals surface area (Å²) in [5.41, 5.74) is 5.90. The van der Waals surface area contributed by atoms with E-state index in [2.05, 4.69) is 22.0 Å². The van der Waals surface area contributed by atoms with Crippen molar-refractivity contribution in [2.45, 2.75) is 27.3 Å². The van der Waals surface area contributed by atoms with Gasteiger partial charge in [-0.25, -0.2) is 4.79 Å². The van der Waals surface area contributed by atoms with Crippen LogP contribution in [0.5, 0.6) is 0 Å². The molecule has 0 saturated carbocycles. The van der Waals surface area contributed by atoms with Crippen LogP contribution in [0.2, 0.25) is 0 Å². The van der Waals surface area contributed by atoms with Crippen molar-refractivity contribution >= 4 is 33.7 Å². The Hall–Kier alpha value is -2.57. The Bertz CT molecular complexity index is 1320. The molecule has 4 heterocycles. The predicted molar refractivity (Wildman–Crippen MR) is 122 cm³/mol. The van der Waals surface area contributed by atoms with Gasteiger partial charge in [0.25, 0.3) is 0 Å². The number of pyridine rings is 1. The van der Waals surface area contributed by atoms with E-state index in [9.17, 15) is 4.79 Å². The molecule has 6 heteroatoms. The van der Waals surface area contributed by atoms with Crippen molar-refractivity contribution in [1.82, 2.24) is 9.88 Å². The van der Waals surface area contributed by atoms with Crippen LogP contribution in [-0.4, -0.2) is 34.5 Å². The van der Waals surface area contributed by atoms with E-state index in [0.717, 1.165) is 63.9 Å². The minimum Gasteiger partial charge on any atom is -0.454 e. The standard InChI is InChI=1S/C24H24N2O3S/c1-14-4-5-18-20(11-22(27)29-23(18)15(14)2)21-10-19-17(12-25-16(3)24(19)28-21)13-26-6-8-30-9-7-26/h4-5,10-12H,6-9,13H2,1-3H3. The monoisotopic (exact) mass is 420 g/mol. The summed E-state index contributed by atoms with van der Waals surface area (Å²) in [6, 6.07) is 7.64. The van der Waals surface area contributed by atoms with Crippen molar-refractivity contribution in [1.29, 1.82) is 0 Å². The largest absolute Gasteiger partial charge is 0.454 e. The first-order valence-electron chi connectivity index (χ1n) is 10.2. The molecule has 0 N–H and O–H groups in total. The fourth-order valence-corrected chi connectivity index (χ4v) is 5.10. The molecular formula is C24H24N2O3S. The Labute approximate surface area is 179 Å². The summed E-state index contributed by atoms with van der Waals surface area (Å²) >= 11 is 2.01. The van der Waals surface area contributed by atoms with Gasteiger partial charge in [0, 0.05) is 59.7 Å². The maximum absolute atomic E-state index is 12.3. The second-order valence-corrected chi connectivity index (χ2v) is 9.20. The highest BCUT2D eigenvalue weighted by Crippen LogP contribution is 2.35. The van der Waals surface area contributed by atoms with Crippen LogP contribution in [-0.2, 0) is 6.54 Å². The molecule has 0 amide bonds. The second-order valence-electron chi connectivity index (χ2n) is 7.97. The van der Waals surface area contributed by atoms with Crippen molar-refractivity contribution in [3.05, 3.63) is 63.3 Å². The summed E-state index contributed by atoms with van der Waals surface area (Å²) in [7, 11) is 0. The summed E-state index contributed by atoms with van der Waals surface area (Å²) in [5.74, 6) is 3.02. The van der Waals surface area contributed by atoms with E-state index in [-0.39, 0.29) is 5.63 Å². The molecule has 3 aromatic heterocycles. The second kappa shape index (κ2) is 7.60. The first-order valence-corrected chi connectivity index (χ1v) is 11.4. The number of hydrogen-bond acceptors (Lipinski definition) is 6. The molecule has 1 aliphatic rings. The molecule has 1 aromatic carbocycles. The Morgan fingerprint density at radius 1 is 1.03 bits per heavy atom. The minimum absolute atomic E-state index is 0.368. The van der Waals surface area contributed by atoms with Crippen LogP contribution in [0.4, 0.5) is 0 Å². The van der Waals surface area contributed by atoms with Crippen molar-refractivity contribution in [2.24, 2.45) is 0 Å². The maximum Gasteiger partial charge on any atom is 0.336 e. The topological polar surface area (TPSA) is 59.5 Å². The molecule has 0 atom stereocenters. The molecule has 0 aliphatic carbocycles. The zero-order valence-electron chi connectivity index (χ0n) is 17.4. The van der Waals surface area contributed by atoms with Gasteiger partial charge in [0.05, 0.1) is 5.69 Å². The van der Waals surface area contributed by atoms with E-state index in [1.54, 1.807) is 0 Å². The average molecular weight is 421 g/mol. The number of hydrogen-bond donors (Lipinski definition) is 0. The van der Waals surface area contributed by atoms with E-state index >= 15 is 0 Å². The zero-order valence-corrected chi connectivity index (χ0v) is 18.3. The van der Waals surface area contributed by atoms with Crippen molar-refractivity contribution < 1.29 is 8.83 Å². The average Bonchev–Trinajstić information content (AvgIpc) is 3.20. The summed E-state index contributed by atoms with van der Waals surface area (Å²) < 4.78 is 11.8. The number of furan rings is 1. The SMILES string of the molecule is Cc1ccc2c(-c3cc4c(CN5CCSCC5)cnc(C)c4o3)cc(=O)oc2c1C. The Kier molecular flexibility index (Phi) is 4.91. The lowest BCUT2D eigenvalue weighted by Gasteiger charge is -2.26. The highest BCUT2D eigenvalue weighted by atomic mass is 32.2. The van der Waals surface area contributed by atoms with Crippen molar-refractivity contribution in [2.75, 3.05) is 24.6 Å². The molecule has 1 saturated heterocycles. The van der Waals surface area contributed by atoms with E-state index in [1.807, 2.05) is 44.8 Å². The van der Waals surface area contributed by atoms with Crippen LogP contribution in [0, 0.1) is 20.8 Å². The van der Waals surface area contributed by atoms with Gasteiger partial charge in [-0.2, -0.15) is 11.8 Å². The number of thioether (sulfide) groups is 1. The van der Waals surface area contributed by atoms with Crippen LogP contribution in [0.15, 0.2) is 44.1 Å². The van der Waals surface area contributed by atoms with Gasteiger partial charge in [-0.1, -0.05) is 12.1 Å². The van der Waals surface area contributed by atoms with E-state index in [4.69, 9.17) is 8.83 Å². The number of aromatic nitrogens is 1. The number of nitrogens with zero attached hydrogens (tertiary/aromatic N) is 2. The third kappa shape index (κ3) is 3.34. The highest BCUT2D eigenvalue weighted by molar-refractivity contribution is 7.99. The lowest BCUT2D eigenvalue weighted by atomic mass is 10.0. The van der Waals surface area contributed by atoms with Crippen molar-refractivity contribution in [3.63, 3.8) is 0 Å². The van der Waals surface area contributed by atoms with E-state index in [1.165, 1.54) is 17.6 Å². The lowest BCUT2D eigenvalue weighted by Crippen LogP contribution is -2.32. The molecule has 154 valence electrons. The first-order chi connectivity index (χ1) is 14.5. The number of fused-ring (bicyclic) bond motifs is 2. The van der Waals surface area contributed by atoms with Crippen molar-refractivity contribution in [3.8, 4) is 11.3 Å². The van der Waals surface area contributed by atoms with Gasteiger partial charge >= 0.3 is 5.63 Å². The van der Waals surface area contributed by atoms with Crippen LogP contribution >= 0.6 is 11.8 Å². The number of benzene rings is 1. The number of aryl methyl sites for hydroxylation is 3. The quantitative estimate of drug-likeness (QED) is 0.431. The minimum atomic E-state index is -0.368. The fraction of sp³-hybridized carbons (Fsp3) is 0.333. The van der Waals surface area contributed by atoms with Gasteiger partial charge in [0.15, 0.2) is 5.58 Å². The predicted octanol–water partition coefficient (Wildman–Crippen LogP) is 5.08. The molecule has 4 aromatic rings. The van der Waals surface area contributed by atoms with Crippen LogP contribution < -0.4 is 5.63 Å². The molecule has 1 fully saturated rings. The van der Waals surface area contributed by atoms with Gasteiger partial charge in [-0.3, -0.25) is 9.88 Å². The zero-order chi connectivity index (χ0) is 20.8. The van der Waals surface area contributed by atoms with E-state index < -0.39 is 0 Å². The van der Waals surface area contributed by atoms with E-state index in [0.29, 0.717) is 11.3 Å². The fourth-order valence-electron chi connectivity index (χ4n) is 4.12. The summed E-state index contributed by atoms with van der Waals surface area (Å²) in [4.78, 5) is 19.4. The smallest absolute Gasteiger partial charge is 0.336 e. The molecule has 1 aliphatic heterocycles. The third-order valence-corrected chi connectivity index (χ3v) is 6.96. The molecule has 0 bridgehead atoms.